The minimum absolute atomic E-state index is 0.638. The number of imidazole rings is 1. The number of pyridine rings is 1. The number of fused-ring (bicyclic) bond motifs is 1. The van der Waals surface area contributed by atoms with Gasteiger partial charge >= 0.3 is 0 Å². The zero-order valence-corrected chi connectivity index (χ0v) is 12.6. The summed E-state index contributed by atoms with van der Waals surface area (Å²) in [7, 11) is 0. The Balaban J connectivity index is 1.74. The van der Waals surface area contributed by atoms with Crippen molar-refractivity contribution in [3.8, 4) is 0 Å². The van der Waals surface area contributed by atoms with Gasteiger partial charge in [-0.15, -0.1) is 0 Å². The molecule has 1 aliphatic carbocycles. The van der Waals surface area contributed by atoms with Gasteiger partial charge in [0.15, 0.2) is 5.65 Å². The van der Waals surface area contributed by atoms with E-state index < -0.39 is 0 Å². The minimum Gasteiger partial charge on any atom is -0.310 e. The monoisotopic (exact) mass is 287 g/mol. The molecule has 3 heterocycles. The highest BCUT2D eigenvalue weighted by Crippen LogP contribution is 2.35. The second-order valence-corrected chi connectivity index (χ2v) is 7.27. The summed E-state index contributed by atoms with van der Waals surface area (Å²) in [4.78, 5) is 9.53. The second kappa shape index (κ2) is 5.40. The largest absolute Gasteiger partial charge is 0.310 e. The van der Waals surface area contributed by atoms with Crippen LogP contribution >= 0.6 is 11.8 Å². The molecule has 1 unspecified atom stereocenters. The van der Waals surface area contributed by atoms with E-state index in [0.29, 0.717) is 6.04 Å². The Morgan fingerprint density at radius 3 is 2.95 bits per heavy atom. The highest BCUT2D eigenvalue weighted by molar-refractivity contribution is 7.99. The normalized spacial score (nSPS) is 23.9. The molecule has 20 heavy (non-hydrogen) atoms. The van der Waals surface area contributed by atoms with E-state index in [4.69, 9.17) is 4.98 Å². The van der Waals surface area contributed by atoms with Gasteiger partial charge in [0.25, 0.3) is 0 Å². The van der Waals surface area contributed by atoms with Crippen LogP contribution in [-0.2, 0) is 6.42 Å². The number of rotatable bonds is 3. The average molecular weight is 287 g/mol. The lowest BCUT2D eigenvalue weighted by Gasteiger charge is -2.17. The first-order chi connectivity index (χ1) is 9.92. The van der Waals surface area contributed by atoms with Crippen molar-refractivity contribution in [2.45, 2.75) is 44.6 Å². The Morgan fingerprint density at radius 2 is 2.15 bits per heavy atom. The molecular formula is C16H21N3S. The number of nitrogens with zero attached hydrogens (tertiary/aromatic N) is 3. The summed E-state index contributed by atoms with van der Waals surface area (Å²) in [5.74, 6) is 4.74. The topological polar surface area (TPSA) is 30.7 Å². The van der Waals surface area contributed by atoms with Crippen molar-refractivity contribution in [2.24, 2.45) is 5.92 Å². The molecule has 1 aliphatic heterocycles. The molecule has 1 saturated carbocycles. The molecule has 1 atom stereocenters. The summed E-state index contributed by atoms with van der Waals surface area (Å²) in [6.45, 7) is 0. The SMILES string of the molecule is c1cnc2c(c1)nc(CC1CCSC1)n2C1CCCC1. The first-order valence-electron chi connectivity index (χ1n) is 7.81. The number of hydrogen-bond acceptors (Lipinski definition) is 3. The summed E-state index contributed by atoms with van der Waals surface area (Å²) in [5.41, 5.74) is 2.19. The molecule has 1 saturated heterocycles. The zero-order chi connectivity index (χ0) is 13.4. The number of hydrogen-bond donors (Lipinski definition) is 0. The summed E-state index contributed by atoms with van der Waals surface area (Å²) in [5, 5.41) is 0. The summed E-state index contributed by atoms with van der Waals surface area (Å²) >= 11 is 2.09. The molecule has 106 valence electrons. The molecule has 4 rings (SSSR count). The third kappa shape index (κ3) is 2.24. The van der Waals surface area contributed by atoms with E-state index >= 15 is 0 Å². The Hall–Kier alpha value is -1.03. The molecule has 0 bridgehead atoms. The van der Waals surface area contributed by atoms with Crippen LogP contribution in [-0.4, -0.2) is 26.0 Å². The van der Waals surface area contributed by atoms with Crippen molar-refractivity contribution in [1.29, 1.82) is 0 Å². The van der Waals surface area contributed by atoms with E-state index in [9.17, 15) is 0 Å². The van der Waals surface area contributed by atoms with Gasteiger partial charge in [0, 0.05) is 18.7 Å². The van der Waals surface area contributed by atoms with Crippen LogP contribution in [0.5, 0.6) is 0 Å². The fourth-order valence-electron chi connectivity index (χ4n) is 3.67. The maximum Gasteiger partial charge on any atom is 0.160 e. The van der Waals surface area contributed by atoms with Gasteiger partial charge in [-0.1, -0.05) is 12.8 Å². The molecule has 0 N–H and O–H groups in total. The van der Waals surface area contributed by atoms with E-state index in [2.05, 4.69) is 27.4 Å². The predicted octanol–water partition coefficient (Wildman–Crippen LogP) is 3.84. The van der Waals surface area contributed by atoms with Crippen LogP contribution in [0.25, 0.3) is 11.2 Å². The number of aromatic nitrogens is 3. The smallest absolute Gasteiger partial charge is 0.160 e. The van der Waals surface area contributed by atoms with Gasteiger partial charge in [0.2, 0.25) is 0 Å². The molecule has 2 fully saturated rings. The summed E-state index contributed by atoms with van der Waals surface area (Å²) < 4.78 is 2.48. The second-order valence-electron chi connectivity index (χ2n) is 6.12. The standard InChI is InChI=1S/C16H21N3S/c1-2-5-13(4-1)19-15(10-12-7-9-20-11-12)18-14-6-3-8-17-16(14)19/h3,6,8,12-13H,1-2,4-5,7,9-11H2. The van der Waals surface area contributed by atoms with Crippen LogP contribution < -0.4 is 0 Å². The molecule has 0 radical (unpaired) electrons. The zero-order valence-electron chi connectivity index (χ0n) is 11.8. The Bertz CT molecular complexity index is 595. The van der Waals surface area contributed by atoms with Gasteiger partial charge in [-0.25, -0.2) is 9.97 Å². The van der Waals surface area contributed by atoms with Crippen LogP contribution in [0.2, 0.25) is 0 Å². The number of thioether (sulfide) groups is 1. The lowest BCUT2D eigenvalue weighted by atomic mass is 10.0. The minimum atomic E-state index is 0.638. The molecule has 2 aromatic rings. The molecule has 3 nitrogen and oxygen atoms in total. The first kappa shape index (κ1) is 12.7. The Labute approximate surface area is 124 Å². The first-order valence-corrected chi connectivity index (χ1v) is 8.97. The van der Waals surface area contributed by atoms with Crippen LogP contribution in [0.1, 0.15) is 44.0 Å². The van der Waals surface area contributed by atoms with Gasteiger partial charge in [-0.2, -0.15) is 11.8 Å². The van der Waals surface area contributed by atoms with Crippen molar-refractivity contribution in [3.05, 3.63) is 24.2 Å². The molecule has 0 spiro atoms. The molecule has 0 aromatic carbocycles. The quantitative estimate of drug-likeness (QED) is 0.859. The van der Waals surface area contributed by atoms with E-state index in [0.717, 1.165) is 23.5 Å². The lowest BCUT2D eigenvalue weighted by Crippen LogP contribution is -2.13. The van der Waals surface area contributed by atoms with Gasteiger partial charge in [0.05, 0.1) is 0 Å². The van der Waals surface area contributed by atoms with Gasteiger partial charge in [0.1, 0.15) is 11.3 Å². The fourth-order valence-corrected chi connectivity index (χ4v) is 4.95. The van der Waals surface area contributed by atoms with Crippen LogP contribution in [0.3, 0.4) is 0 Å². The van der Waals surface area contributed by atoms with Crippen molar-refractivity contribution in [3.63, 3.8) is 0 Å². The Morgan fingerprint density at radius 1 is 1.25 bits per heavy atom. The van der Waals surface area contributed by atoms with Crippen molar-refractivity contribution in [1.82, 2.24) is 14.5 Å². The molecule has 2 aliphatic rings. The van der Waals surface area contributed by atoms with E-state index in [1.807, 2.05) is 12.3 Å². The van der Waals surface area contributed by atoms with Crippen molar-refractivity contribution < 1.29 is 0 Å². The van der Waals surface area contributed by atoms with Gasteiger partial charge in [-0.05, 0) is 48.8 Å². The highest BCUT2D eigenvalue weighted by Gasteiger charge is 2.25. The fraction of sp³-hybridized carbons (Fsp3) is 0.625. The van der Waals surface area contributed by atoms with E-state index in [-0.39, 0.29) is 0 Å². The average Bonchev–Trinajstić information content (AvgIpc) is 3.18. The van der Waals surface area contributed by atoms with Crippen LogP contribution in [0, 0.1) is 5.92 Å². The Kier molecular flexibility index (Phi) is 3.42. The summed E-state index contributed by atoms with van der Waals surface area (Å²) in [6.07, 6.45) is 9.71. The molecule has 0 amide bonds. The third-order valence-corrected chi connectivity index (χ3v) is 5.94. The molecule has 4 heteroatoms. The maximum absolute atomic E-state index is 4.91. The van der Waals surface area contributed by atoms with Crippen LogP contribution in [0.15, 0.2) is 18.3 Å². The summed E-state index contributed by atoms with van der Waals surface area (Å²) in [6, 6.07) is 4.75. The molecular weight excluding hydrogens is 266 g/mol. The lowest BCUT2D eigenvalue weighted by molar-refractivity contribution is 0.480. The van der Waals surface area contributed by atoms with Crippen molar-refractivity contribution in [2.75, 3.05) is 11.5 Å². The van der Waals surface area contributed by atoms with E-state index in [1.165, 1.54) is 49.4 Å². The maximum atomic E-state index is 4.91. The highest BCUT2D eigenvalue weighted by atomic mass is 32.2. The molecule has 2 aromatic heterocycles. The van der Waals surface area contributed by atoms with Gasteiger partial charge in [-0.3, -0.25) is 0 Å². The van der Waals surface area contributed by atoms with Crippen molar-refractivity contribution >= 4 is 22.9 Å². The van der Waals surface area contributed by atoms with Crippen LogP contribution in [0.4, 0.5) is 0 Å². The third-order valence-electron chi connectivity index (χ3n) is 4.71. The predicted molar refractivity (Wildman–Crippen MR) is 84.2 cm³/mol. The van der Waals surface area contributed by atoms with E-state index in [1.54, 1.807) is 0 Å². The van der Waals surface area contributed by atoms with Gasteiger partial charge < -0.3 is 4.57 Å².